The lowest BCUT2D eigenvalue weighted by molar-refractivity contribution is 1.07. The van der Waals surface area contributed by atoms with E-state index in [1.807, 2.05) is 24.3 Å². The zero-order valence-corrected chi connectivity index (χ0v) is 11.7. The van der Waals surface area contributed by atoms with Crippen LogP contribution in [0.4, 0.5) is 5.69 Å². The van der Waals surface area contributed by atoms with Gasteiger partial charge in [-0.2, -0.15) is 0 Å². The van der Waals surface area contributed by atoms with Crippen molar-refractivity contribution in [1.29, 1.82) is 0 Å². The molecule has 4 heteroatoms. The van der Waals surface area contributed by atoms with Crippen molar-refractivity contribution in [3.63, 3.8) is 0 Å². The molecule has 2 aromatic carbocycles. The second-order valence-corrected chi connectivity index (χ2v) is 5.55. The summed E-state index contributed by atoms with van der Waals surface area (Å²) in [5.74, 6) is 0. The predicted octanol–water partition coefficient (Wildman–Crippen LogP) is 3.78. The van der Waals surface area contributed by atoms with Crippen LogP contribution in [0.25, 0.3) is 11.0 Å². The molecule has 0 saturated carbocycles. The third-order valence-electron chi connectivity index (χ3n) is 2.92. The number of H-pyrrole nitrogens is 1. The van der Waals surface area contributed by atoms with Crippen molar-refractivity contribution in [2.75, 3.05) is 19.0 Å². The number of fused-ring (bicyclic) bond motifs is 1. The lowest BCUT2D eigenvalue weighted by Crippen LogP contribution is -2.09. The predicted molar refractivity (Wildman–Crippen MR) is 81.0 cm³/mol. The Kier molecular flexibility index (Phi) is 3.17. The molecule has 0 bridgehead atoms. The fourth-order valence-corrected chi connectivity index (χ4v) is 3.01. The number of nitrogens with one attached hydrogen (secondary N) is 1. The van der Waals surface area contributed by atoms with Crippen molar-refractivity contribution in [3.8, 4) is 0 Å². The van der Waals surface area contributed by atoms with Gasteiger partial charge in [-0.15, -0.1) is 0 Å². The number of imidazole rings is 1. The van der Waals surface area contributed by atoms with Gasteiger partial charge in [-0.05, 0) is 36.0 Å². The fourth-order valence-electron chi connectivity index (χ4n) is 1.99. The zero-order chi connectivity index (χ0) is 13.2. The van der Waals surface area contributed by atoms with Gasteiger partial charge in [-0.25, -0.2) is 4.98 Å². The molecular weight excluding hydrogens is 254 g/mol. The summed E-state index contributed by atoms with van der Waals surface area (Å²) in [5, 5.41) is 0.926. The number of nitrogens with zero attached hydrogens (tertiary/aromatic N) is 2. The minimum Gasteiger partial charge on any atom is -0.377 e. The van der Waals surface area contributed by atoms with E-state index in [1.165, 1.54) is 10.6 Å². The van der Waals surface area contributed by atoms with Crippen molar-refractivity contribution < 1.29 is 0 Å². The van der Waals surface area contributed by atoms with Crippen molar-refractivity contribution >= 4 is 28.5 Å². The first-order valence-corrected chi connectivity index (χ1v) is 6.94. The summed E-state index contributed by atoms with van der Waals surface area (Å²) in [6.45, 7) is 0. The van der Waals surface area contributed by atoms with E-state index in [2.05, 4.69) is 53.2 Å². The molecule has 0 aliphatic heterocycles. The van der Waals surface area contributed by atoms with E-state index in [1.54, 1.807) is 11.8 Å². The molecule has 0 saturated heterocycles. The second kappa shape index (κ2) is 4.97. The number of hydrogen-bond donors (Lipinski definition) is 1. The Labute approximate surface area is 116 Å². The van der Waals surface area contributed by atoms with Crippen LogP contribution in [0, 0.1) is 0 Å². The summed E-state index contributed by atoms with van der Waals surface area (Å²) >= 11 is 1.66. The molecule has 0 unspecified atom stereocenters. The van der Waals surface area contributed by atoms with Crippen LogP contribution in [-0.4, -0.2) is 24.1 Å². The average molecular weight is 269 g/mol. The Hall–Kier alpha value is -1.94. The SMILES string of the molecule is CN(C)c1ccccc1Sc1nc2ccccc2[nH]1. The van der Waals surface area contributed by atoms with E-state index in [0.717, 1.165) is 16.2 Å². The van der Waals surface area contributed by atoms with Crippen LogP contribution in [0.2, 0.25) is 0 Å². The minimum atomic E-state index is 0.926. The van der Waals surface area contributed by atoms with Crippen molar-refractivity contribution in [2.24, 2.45) is 0 Å². The Bertz CT molecular complexity index is 670. The summed E-state index contributed by atoms with van der Waals surface area (Å²) in [6.07, 6.45) is 0. The number of benzene rings is 2. The van der Waals surface area contributed by atoms with Gasteiger partial charge < -0.3 is 9.88 Å². The maximum atomic E-state index is 4.60. The molecular formula is C15H15N3S. The van der Waals surface area contributed by atoms with Gasteiger partial charge in [0.25, 0.3) is 0 Å². The van der Waals surface area contributed by atoms with Gasteiger partial charge in [0.2, 0.25) is 0 Å². The molecule has 1 N–H and O–H groups in total. The fraction of sp³-hybridized carbons (Fsp3) is 0.133. The number of anilines is 1. The topological polar surface area (TPSA) is 31.9 Å². The quantitative estimate of drug-likeness (QED) is 0.785. The van der Waals surface area contributed by atoms with Crippen molar-refractivity contribution in [3.05, 3.63) is 48.5 Å². The lowest BCUT2D eigenvalue weighted by atomic mass is 10.3. The monoisotopic (exact) mass is 269 g/mol. The average Bonchev–Trinajstić information content (AvgIpc) is 2.81. The number of aromatic nitrogens is 2. The van der Waals surface area contributed by atoms with E-state index in [9.17, 15) is 0 Å². The molecule has 0 amide bonds. The van der Waals surface area contributed by atoms with Crippen molar-refractivity contribution in [1.82, 2.24) is 9.97 Å². The summed E-state index contributed by atoms with van der Waals surface area (Å²) in [7, 11) is 4.11. The smallest absolute Gasteiger partial charge is 0.171 e. The van der Waals surface area contributed by atoms with Crippen molar-refractivity contribution in [2.45, 2.75) is 10.1 Å². The van der Waals surface area contributed by atoms with E-state index < -0.39 is 0 Å². The van der Waals surface area contributed by atoms with E-state index in [4.69, 9.17) is 0 Å². The maximum Gasteiger partial charge on any atom is 0.171 e. The van der Waals surface area contributed by atoms with Gasteiger partial charge >= 0.3 is 0 Å². The Morgan fingerprint density at radius 1 is 1.00 bits per heavy atom. The molecule has 3 aromatic rings. The number of hydrogen-bond acceptors (Lipinski definition) is 3. The molecule has 3 nitrogen and oxygen atoms in total. The molecule has 1 heterocycles. The van der Waals surface area contributed by atoms with Crippen LogP contribution in [0.5, 0.6) is 0 Å². The van der Waals surface area contributed by atoms with Gasteiger partial charge in [0.05, 0.1) is 16.7 Å². The second-order valence-electron chi connectivity index (χ2n) is 4.52. The molecule has 0 aliphatic carbocycles. The molecule has 0 radical (unpaired) electrons. The molecule has 96 valence electrons. The van der Waals surface area contributed by atoms with Gasteiger partial charge in [-0.3, -0.25) is 0 Å². The highest BCUT2D eigenvalue weighted by Gasteiger charge is 2.08. The van der Waals surface area contributed by atoms with E-state index in [-0.39, 0.29) is 0 Å². The van der Waals surface area contributed by atoms with Gasteiger partial charge in [-0.1, -0.05) is 24.3 Å². The zero-order valence-electron chi connectivity index (χ0n) is 10.9. The standard InChI is InChI=1S/C15H15N3S/c1-18(2)13-9-5-6-10-14(13)19-15-16-11-7-3-4-8-12(11)17-15/h3-10H,1-2H3,(H,16,17). The first-order valence-electron chi connectivity index (χ1n) is 6.13. The summed E-state index contributed by atoms with van der Waals surface area (Å²) in [6, 6.07) is 16.4. The van der Waals surface area contributed by atoms with Crippen LogP contribution in [-0.2, 0) is 0 Å². The van der Waals surface area contributed by atoms with E-state index in [0.29, 0.717) is 0 Å². The molecule has 0 fully saturated rings. The highest BCUT2D eigenvalue weighted by atomic mass is 32.2. The molecule has 0 atom stereocenters. The van der Waals surface area contributed by atoms with Gasteiger partial charge in [0.15, 0.2) is 5.16 Å². The largest absolute Gasteiger partial charge is 0.377 e. The normalized spacial score (nSPS) is 10.8. The van der Waals surface area contributed by atoms with E-state index >= 15 is 0 Å². The highest BCUT2D eigenvalue weighted by molar-refractivity contribution is 7.99. The number of rotatable bonds is 3. The van der Waals surface area contributed by atoms with Crippen LogP contribution < -0.4 is 4.90 Å². The third-order valence-corrected chi connectivity index (χ3v) is 3.87. The van der Waals surface area contributed by atoms with Crippen LogP contribution in [0.1, 0.15) is 0 Å². The summed E-state index contributed by atoms with van der Waals surface area (Å²) in [4.78, 5) is 11.3. The summed E-state index contributed by atoms with van der Waals surface area (Å²) in [5.41, 5.74) is 3.28. The number of aromatic amines is 1. The molecule has 0 aliphatic rings. The number of para-hydroxylation sites is 3. The molecule has 1 aromatic heterocycles. The third kappa shape index (κ3) is 2.44. The molecule has 19 heavy (non-hydrogen) atoms. The molecule has 3 rings (SSSR count). The van der Waals surface area contributed by atoms with Crippen LogP contribution in [0.3, 0.4) is 0 Å². The van der Waals surface area contributed by atoms with Gasteiger partial charge in [0, 0.05) is 19.0 Å². The Morgan fingerprint density at radius 3 is 2.53 bits per heavy atom. The maximum absolute atomic E-state index is 4.60. The highest BCUT2D eigenvalue weighted by Crippen LogP contribution is 2.33. The Balaban J connectivity index is 1.97. The van der Waals surface area contributed by atoms with Gasteiger partial charge in [0.1, 0.15) is 0 Å². The first-order chi connectivity index (χ1) is 9.24. The van der Waals surface area contributed by atoms with Crippen LogP contribution in [0.15, 0.2) is 58.6 Å². The summed E-state index contributed by atoms with van der Waals surface area (Å²) < 4.78 is 0. The first kappa shape index (κ1) is 12.1. The lowest BCUT2D eigenvalue weighted by Gasteiger charge is -2.15. The van der Waals surface area contributed by atoms with Crippen LogP contribution >= 0.6 is 11.8 Å². The molecule has 0 spiro atoms. The Morgan fingerprint density at radius 2 is 1.74 bits per heavy atom. The minimum absolute atomic E-state index is 0.926.